The van der Waals surface area contributed by atoms with E-state index in [1.54, 1.807) is 0 Å². The van der Waals surface area contributed by atoms with Crippen LogP contribution in [0.25, 0.3) is 0 Å². The van der Waals surface area contributed by atoms with Crippen molar-refractivity contribution in [1.82, 2.24) is 4.67 Å². The first-order valence-corrected chi connectivity index (χ1v) is 8.36. The van der Waals surface area contributed by atoms with Crippen LogP contribution in [0, 0.1) is 0 Å². The lowest BCUT2D eigenvalue weighted by Crippen LogP contribution is -2.38. The zero-order valence-electron chi connectivity index (χ0n) is 12.1. The number of rotatable bonds is 4. The molecule has 0 aromatic heterocycles. The van der Waals surface area contributed by atoms with Crippen molar-refractivity contribution < 1.29 is 9.09 Å². The predicted molar refractivity (Wildman–Crippen MR) is 79.5 cm³/mol. The fourth-order valence-corrected chi connectivity index (χ4v) is 5.46. The SMILES string of the molecule is CC(C)N(C(C)C)P1(=O)OCCN1c1ccccc1. The number of anilines is 1. The van der Waals surface area contributed by atoms with Crippen molar-refractivity contribution in [3.8, 4) is 0 Å². The second-order valence-corrected chi connectivity index (χ2v) is 7.53. The monoisotopic (exact) mass is 282 g/mol. The average molecular weight is 282 g/mol. The second kappa shape index (κ2) is 5.66. The van der Waals surface area contributed by atoms with E-state index in [9.17, 15) is 4.57 Å². The van der Waals surface area contributed by atoms with E-state index >= 15 is 0 Å². The summed E-state index contributed by atoms with van der Waals surface area (Å²) in [6.07, 6.45) is 0. The van der Waals surface area contributed by atoms with Gasteiger partial charge in [-0.15, -0.1) is 0 Å². The van der Waals surface area contributed by atoms with Crippen molar-refractivity contribution in [2.45, 2.75) is 39.8 Å². The maximum absolute atomic E-state index is 13.4. The van der Waals surface area contributed by atoms with Crippen LogP contribution in [0.1, 0.15) is 27.7 Å². The van der Waals surface area contributed by atoms with Crippen LogP contribution in [-0.2, 0) is 9.09 Å². The molecule has 0 amide bonds. The minimum absolute atomic E-state index is 0.176. The van der Waals surface area contributed by atoms with E-state index in [1.807, 2.05) is 39.7 Å². The molecule has 1 aliphatic heterocycles. The van der Waals surface area contributed by atoms with Crippen LogP contribution in [0.5, 0.6) is 0 Å². The van der Waals surface area contributed by atoms with Crippen LogP contribution in [0.2, 0.25) is 0 Å². The standard InChI is InChI=1S/C14H23N2O2P/c1-12(2)16(13(3)4)19(17)15(10-11-18-19)14-8-6-5-7-9-14/h5-9,12-13H,10-11H2,1-4H3. The maximum Gasteiger partial charge on any atom is 0.371 e. The largest absolute Gasteiger partial charge is 0.371 e. The normalized spacial score (nSPS) is 23.8. The van der Waals surface area contributed by atoms with Crippen molar-refractivity contribution in [2.75, 3.05) is 17.8 Å². The lowest BCUT2D eigenvalue weighted by Gasteiger charge is -2.38. The van der Waals surface area contributed by atoms with Gasteiger partial charge in [-0.2, -0.15) is 0 Å². The molecule has 0 saturated carbocycles. The lowest BCUT2D eigenvalue weighted by atomic mass is 10.3. The van der Waals surface area contributed by atoms with Crippen LogP contribution in [0.4, 0.5) is 5.69 Å². The summed E-state index contributed by atoms with van der Waals surface area (Å²) in [5.41, 5.74) is 0.967. The smallest absolute Gasteiger partial charge is 0.300 e. The molecule has 1 heterocycles. The molecule has 1 aromatic carbocycles. The molecule has 1 fully saturated rings. The third kappa shape index (κ3) is 2.71. The molecule has 4 nitrogen and oxygen atoms in total. The predicted octanol–water partition coefficient (Wildman–Crippen LogP) is 3.75. The van der Waals surface area contributed by atoms with Crippen LogP contribution < -0.4 is 4.67 Å². The van der Waals surface area contributed by atoms with Crippen molar-refractivity contribution in [3.63, 3.8) is 0 Å². The Morgan fingerprint density at radius 3 is 2.26 bits per heavy atom. The van der Waals surface area contributed by atoms with Crippen molar-refractivity contribution >= 4 is 13.4 Å². The molecule has 0 aliphatic carbocycles. The Morgan fingerprint density at radius 2 is 1.74 bits per heavy atom. The molecular formula is C14H23N2O2P. The number of nitrogens with zero attached hydrogens (tertiary/aromatic N) is 2. The van der Waals surface area contributed by atoms with Crippen molar-refractivity contribution in [2.24, 2.45) is 0 Å². The van der Waals surface area contributed by atoms with E-state index in [1.165, 1.54) is 0 Å². The Labute approximate surface area is 115 Å². The van der Waals surface area contributed by atoms with Gasteiger partial charge in [0.1, 0.15) is 0 Å². The Morgan fingerprint density at radius 1 is 1.16 bits per heavy atom. The summed E-state index contributed by atoms with van der Waals surface area (Å²) in [5.74, 6) is 0. The number of para-hydroxylation sites is 1. The van der Waals surface area contributed by atoms with Gasteiger partial charge in [-0.05, 0) is 39.8 Å². The summed E-state index contributed by atoms with van der Waals surface area (Å²) in [6.45, 7) is 9.43. The van der Waals surface area contributed by atoms with Gasteiger partial charge in [0, 0.05) is 17.8 Å². The van der Waals surface area contributed by atoms with E-state index in [4.69, 9.17) is 4.52 Å². The zero-order valence-corrected chi connectivity index (χ0v) is 13.0. The molecule has 0 N–H and O–H groups in total. The molecule has 1 atom stereocenters. The maximum atomic E-state index is 13.4. The van der Waals surface area contributed by atoms with Crippen LogP contribution in [0.15, 0.2) is 30.3 Å². The molecule has 0 radical (unpaired) electrons. The molecule has 19 heavy (non-hydrogen) atoms. The van der Waals surface area contributed by atoms with Gasteiger partial charge in [0.2, 0.25) is 0 Å². The number of hydrogen-bond donors (Lipinski definition) is 0. The molecule has 1 saturated heterocycles. The number of hydrogen-bond acceptors (Lipinski definition) is 2. The van der Waals surface area contributed by atoms with Crippen LogP contribution in [0.3, 0.4) is 0 Å². The molecule has 1 aliphatic rings. The van der Waals surface area contributed by atoms with Crippen LogP contribution in [-0.4, -0.2) is 29.9 Å². The molecule has 1 aromatic rings. The summed E-state index contributed by atoms with van der Waals surface area (Å²) < 4.78 is 23.0. The number of benzene rings is 1. The average Bonchev–Trinajstić information content (AvgIpc) is 2.71. The molecular weight excluding hydrogens is 259 g/mol. The van der Waals surface area contributed by atoms with Crippen molar-refractivity contribution in [3.05, 3.63) is 30.3 Å². The molecule has 0 bridgehead atoms. The first kappa shape index (κ1) is 14.6. The Kier molecular flexibility index (Phi) is 4.34. The van der Waals surface area contributed by atoms with E-state index < -0.39 is 7.67 Å². The zero-order chi connectivity index (χ0) is 14.0. The van der Waals surface area contributed by atoms with Gasteiger partial charge in [-0.1, -0.05) is 18.2 Å². The fourth-order valence-electron chi connectivity index (χ4n) is 2.69. The first-order chi connectivity index (χ1) is 8.97. The van der Waals surface area contributed by atoms with Crippen molar-refractivity contribution in [1.29, 1.82) is 0 Å². The van der Waals surface area contributed by atoms with Gasteiger partial charge >= 0.3 is 7.67 Å². The molecule has 106 valence electrons. The molecule has 5 heteroatoms. The van der Waals surface area contributed by atoms with E-state index in [-0.39, 0.29) is 12.1 Å². The Bertz CT molecular complexity index is 454. The fraction of sp³-hybridized carbons (Fsp3) is 0.571. The highest BCUT2D eigenvalue weighted by Crippen LogP contribution is 2.60. The van der Waals surface area contributed by atoms with Gasteiger partial charge in [0.05, 0.1) is 13.2 Å². The highest BCUT2D eigenvalue weighted by atomic mass is 31.2. The van der Waals surface area contributed by atoms with E-state index in [0.717, 1.165) is 5.69 Å². The molecule has 0 spiro atoms. The topological polar surface area (TPSA) is 32.8 Å². The van der Waals surface area contributed by atoms with Gasteiger partial charge in [-0.3, -0.25) is 9.19 Å². The third-order valence-electron chi connectivity index (χ3n) is 3.27. The molecule has 1 unspecified atom stereocenters. The molecule has 2 rings (SSSR count). The third-order valence-corrected chi connectivity index (χ3v) is 6.34. The van der Waals surface area contributed by atoms with Gasteiger partial charge in [-0.25, -0.2) is 9.24 Å². The lowest BCUT2D eigenvalue weighted by molar-refractivity contribution is 0.238. The van der Waals surface area contributed by atoms with Gasteiger partial charge in [0.15, 0.2) is 0 Å². The summed E-state index contributed by atoms with van der Waals surface area (Å²) >= 11 is 0. The van der Waals surface area contributed by atoms with Crippen LogP contribution >= 0.6 is 7.67 Å². The Hall–Kier alpha value is -0.830. The quantitative estimate of drug-likeness (QED) is 0.787. The minimum Gasteiger partial charge on any atom is -0.300 e. The summed E-state index contributed by atoms with van der Waals surface area (Å²) in [4.78, 5) is 0. The second-order valence-electron chi connectivity index (χ2n) is 5.35. The highest BCUT2D eigenvalue weighted by molar-refractivity contribution is 7.58. The highest BCUT2D eigenvalue weighted by Gasteiger charge is 2.45. The van der Waals surface area contributed by atoms with Gasteiger partial charge in [0.25, 0.3) is 0 Å². The minimum atomic E-state index is -2.96. The van der Waals surface area contributed by atoms with E-state index in [0.29, 0.717) is 13.2 Å². The van der Waals surface area contributed by atoms with Gasteiger partial charge < -0.3 is 0 Å². The first-order valence-electron chi connectivity index (χ1n) is 6.83. The Balaban J connectivity index is 2.38. The summed E-state index contributed by atoms with van der Waals surface area (Å²) in [5, 5.41) is 0. The summed E-state index contributed by atoms with van der Waals surface area (Å²) in [7, 11) is -2.96. The van der Waals surface area contributed by atoms with E-state index in [2.05, 4.69) is 27.7 Å². The summed E-state index contributed by atoms with van der Waals surface area (Å²) in [6, 6.07) is 10.2.